The molecule has 0 aromatic heterocycles. The molecule has 1 amide bonds. The smallest absolute Gasteiger partial charge is 0.254 e. The third kappa shape index (κ3) is 5.20. The topological polar surface area (TPSA) is 68.2 Å². The summed E-state index contributed by atoms with van der Waals surface area (Å²) in [4.78, 5) is 14.8. The summed E-state index contributed by atoms with van der Waals surface area (Å²) in [5, 5.41) is 15.6. The molecule has 0 bridgehead atoms. The molecular weight excluding hydrogens is 372 g/mol. The third-order valence-electron chi connectivity index (χ3n) is 8.61. The molecule has 170 valence electrons. The van der Waals surface area contributed by atoms with Crippen molar-refractivity contribution in [1.29, 1.82) is 5.41 Å². The van der Waals surface area contributed by atoms with Gasteiger partial charge in [0, 0.05) is 19.1 Å². The van der Waals surface area contributed by atoms with Crippen molar-refractivity contribution >= 4 is 11.9 Å². The summed E-state index contributed by atoms with van der Waals surface area (Å²) in [5.74, 6) is 1.81. The lowest BCUT2D eigenvalue weighted by molar-refractivity contribution is -0.131. The molecule has 4 aliphatic rings. The van der Waals surface area contributed by atoms with Gasteiger partial charge in [0.1, 0.15) is 5.54 Å². The number of guanidine groups is 1. The van der Waals surface area contributed by atoms with Crippen LogP contribution >= 0.6 is 0 Å². The minimum Gasteiger partial charge on any atom is -0.342 e. The second kappa shape index (κ2) is 10.0. The lowest BCUT2D eigenvalue weighted by Gasteiger charge is -2.38. The van der Waals surface area contributed by atoms with Crippen molar-refractivity contribution in [2.75, 3.05) is 7.05 Å². The van der Waals surface area contributed by atoms with E-state index in [1.807, 2.05) is 0 Å². The van der Waals surface area contributed by atoms with Crippen LogP contribution in [-0.2, 0) is 4.79 Å². The van der Waals surface area contributed by atoms with E-state index in [4.69, 9.17) is 5.41 Å². The summed E-state index contributed by atoms with van der Waals surface area (Å²) < 4.78 is 0. The lowest BCUT2D eigenvalue weighted by atomic mass is 9.74. The molecule has 1 heterocycles. The normalized spacial score (nSPS) is 34.4. The van der Waals surface area contributed by atoms with E-state index in [1.165, 1.54) is 89.9 Å². The molecule has 3 N–H and O–H groups in total. The van der Waals surface area contributed by atoms with Gasteiger partial charge in [0.05, 0.1) is 0 Å². The van der Waals surface area contributed by atoms with Crippen LogP contribution in [0.25, 0.3) is 0 Å². The van der Waals surface area contributed by atoms with Crippen molar-refractivity contribution in [3.8, 4) is 0 Å². The molecule has 0 unspecified atom stereocenters. The van der Waals surface area contributed by atoms with E-state index in [1.54, 1.807) is 11.9 Å². The highest BCUT2D eigenvalue weighted by Gasteiger charge is 2.49. The average Bonchev–Trinajstić information content (AvgIpc) is 2.98. The fourth-order valence-electron chi connectivity index (χ4n) is 6.85. The third-order valence-corrected chi connectivity index (χ3v) is 8.61. The number of likely N-dealkylation sites (N-methyl/N-ethyl adjacent to an activating group) is 1. The van der Waals surface area contributed by atoms with Gasteiger partial charge in [-0.3, -0.25) is 15.1 Å². The van der Waals surface area contributed by atoms with Gasteiger partial charge in [0.15, 0.2) is 5.96 Å². The van der Waals surface area contributed by atoms with Gasteiger partial charge >= 0.3 is 0 Å². The number of carbonyl (C=O) groups is 1. The quantitative estimate of drug-likeness (QED) is 0.550. The molecule has 3 aliphatic carbocycles. The molecule has 1 aliphatic heterocycles. The molecular formula is C25H44N4O. The van der Waals surface area contributed by atoms with E-state index >= 15 is 0 Å². The molecule has 0 spiro atoms. The number of carbonyl (C=O) groups excluding carboxylic acids is 1. The maximum atomic E-state index is 13.3. The van der Waals surface area contributed by atoms with Gasteiger partial charge in [-0.25, -0.2) is 0 Å². The van der Waals surface area contributed by atoms with E-state index in [-0.39, 0.29) is 5.91 Å². The first-order valence-electron chi connectivity index (χ1n) is 13.0. The fraction of sp³-hybridized carbons (Fsp3) is 0.920. The standard InChI is InChI=1S/C25H44N4O/c1-29-23(30)25(28-24(29)26,16-15-19-9-4-2-5-10-19)18-20-11-8-14-22(17-20)27-21-12-6-3-7-13-21/h19-22,27H,2-18H2,1H3,(H2,26,28)/t20-,22+,25-/m1/s1. The largest absolute Gasteiger partial charge is 0.342 e. The number of hydrogen-bond donors (Lipinski definition) is 3. The van der Waals surface area contributed by atoms with Gasteiger partial charge in [0.2, 0.25) is 0 Å². The second-order valence-corrected chi connectivity index (χ2v) is 10.9. The van der Waals surface area contributed by atoms with Crippen molar-refractivity contribution in [3.63, 3.8) is 0 Å². The van der Waals surface area contributed by atoms with Crippen molar-refractivity contribution in [2.45, 2.75) is 127 Å². The minimum absolute atomic E-state index is 0.144. The molecule has 30 heavy (non-hydrogen) atoms. The Morgan fingerprint density at radius 1 is 0.933 bits per heavy atom. The molecule has 0 radical (unpaired) electrons. The summed E-state index contributed by atoms with van der Waals surface area (Å²) in [6.07, 6.45) is 21.5. The van der Waals surface area contributed by atoms with Crippen molar-refractivity contribution in [2.24, 2.45) is 11.8 Å². The zero-order valence-corrected chi connectivity index (χ0v) is 19.2. The summed E-state index contributed by atoms with van der Waals surface area (Å²) in [5.41, 5.74) is -0.527. The van der Waals surface area contributed by atoms with Crippen LogP contribution < -0.4 is 10.6 Å². The molecule has 4 fully saturated rings. The highest BCUT2D eigenvalue weighted by molar-refractivity contribution is 6.07. The Labute approximate surface area is 183 Å². The molecule has 4 rings (SSSR count). The van der Waals surface area contributed by atoms with E-state index in [9.17, 15) is 4.79 Å². The molecule has 0 aromatic rings. The number of rotatable bonds is 7. The average molecular weight is 417 g/mol. The van der Waals surface area contributed by atoms with Gasteiger partial charge in [0.25, 0.3) is 5.91 Å². The summed E-state index contributed by atoms with van der Waals surface area (Å²) >= 11 is 0. The van der Waals surface area contributed by atoms with Crippen LogP contribution in [0.2, 0.25) is 0 Å². The lowest BCUT2D eigenvalue weighted by Crippen LogP contribution is -2.50. The van der Waals surface area contributed by atoms with Crippen LogP contribution in [0.5, 0.6) is 0 Å². The first-order chi connectivity index (χ1) is 14.6. The van der Waals surface area contributed by atoms with Crippen molar-refractivity contribution < 1.29 is 4.79 Å². The summed E-state index contributed by atoms with van der Waals surface area (Å²) in [6, 6.07) is 1.34. The van der Waals surface area contributed by atoms with Crippen molar-refractivity contribution in [1.82, 2.24) is 15.5 Å². The summed E-state index contributed by atoms with van der Waals surface area (Å²) in [6.45, 7) is 0. The number of hydrogen-bond acceptors (Lipinski definition) is 3. The number of nitrogens with zero attached hydrogens (tertiary/aromatic N) is 1. The maximum Gasteiger partial charge on any atom is 0.254 e. The van der Waals surface area contributed by atoms with E-state index in [0.29, 0.717) is 24.0 Å². The Morgan fingerprint density at radius 2 is 1.57 bits per heavy atom. The van der Waals surface area contributed by atoms with Gasteiger partial charge in [-0.15, -0.1) is 0 Å². The minimum atomic E-state index is -0.527. The Morgan fingerprint density at radius 3 is 2.23 bits per heavy atom. The SMILES string of the molecule is CN1C(=N)N[C@](CCC2CCCCC2)(C[C@@H]2CCC[C@H](NC3CCCCC3)C2)C1=O. The predicted octanol–water partition coefficient (Wildman–Crippen LogP) is 4.95. The monoisotopic (exact) mass is 416 g/mol. The molecule has 0 aromatic carbocycles. The Hall–Kier alpha value is -1.10. The van der Waals surface area contributed by atoms with Gasteiger partial charge < -0.3 is 10.6 Å². The number of nitrogens with one attached hydrogen (secondary N) is 3. The summed E-state index contributed by atoms with van der Waals surface area (Å²) in [7, 11) is 1.77. The Bertz CT molecular complexity index is 596. The van der Waals surface area contributed by atoms with Gasteiger partial charge in [-0.2, -0.15) is 0 Å². The van der Waals surface area contributed by atoms with Crippen molar-refractivity contribution in [3.05, 3.63) is 0 Å². The molecule has 5 heteroatoms. The van der Waals surface area contributed by atoms with Crippen LogP contribution in [0.15, 0.2) is 0 Å². The van der Waals surface area contributed by atoms with Gasteiger partial charge in [-0.05, 0) is 56.8 Å². The van der Waals surface area contributed by atoms with E-state index < -0.39 is 5.54 Å². The highest BCUT2D eigenvalue weighted by atomic mass is 16.2. The molecule has 5 nitrogen and oxygen atoms in total. The van der Waals surface area contributed by atoms with Gasteiger partial charge in [-0.1, -0.05) is 64.2 Å². The molecule has 1 saturated heterocycles. The van der Waals surface area contributed by atoms with Crippen LogP contribution in [0.1, 0.15) is 109 Å². The van der Waals surface area contributed by atoms with Crippen LogP contribution in [0.3, 0.4) is 0 Å². The molecule has 3 saturated carbocycles. The fourth-order valence-corrected chi connectivity index (χ4v) is 6.85. The first kappa shape index (κ1) is 22.1. The Kier molecular flexibility index (Phi) is 7.38. The van der Waals surface area contributed by atoms with E-state index in [2.05, 4.69) is 10.6 Å². The zero-order chi connectivity index (χ0) is 21.0. The van der Waals surface area contributed by atoms with E-state index in [0.717, 1.165) is 25.2 Å². The zero-order valence-electron chi connectivity index (χ0n) is 19.2. The first-order valence-corrected chi connectivity index (χ1v) is 13.0. The molecule has 3 atom stereocenters. The predicted molar refractivity (Wildman–Crippen MR) is 123 cm³/mol. The number of amides is 1. The van der Waals surface area contributed by atoms with Crippen LogP contribution in [-0.4, -0.2) is 41.4 Å². The second-order valence-electron chi connectivity index (χ2n) is 10.9. The van der Waals surface area contributed by atoms with Crippen LogP contribution in [0.4, 0.5) is 0 Å². The Balaban J connectivity index is 1.38. The maximum absolute atomic E-state index is 13.3. The highest BCUT2D eigenvalue weighted by Crippen LogP contribution is 2.38. The van der Waals surface area contributed by atoms with Crippen LogP contribution in [0, 0.1) is 17.2 Å².